The summed E-state index contributed by atoms with van der Waals surface area (Å²) in [6, 6.07) is 52.3. The Labute approximate surface area is 453 Å². The van der Waals surface area contributed by atoms with E-state index in [0.717, 1.165) is 30.9 Å². The monoisotopic (exact) mass is 1000 g/mol. The summed E-state index contributed by atoms with van der Waals surface area (Å²) in [6.07, 6.45) is 20.1. The molecule has 0 radical (unpaired) electrons. The molecular formula is C76H54F2. The first-order valence-electron chi connectivity index (χ1n) is 28.3. The lowest BCUT2D eigenvalue weighted by atomic mass is 9.65. The zero-order valence-electron chi connectivity index (χ0n) is 44.2. The van der Waals surface area contributed by atoms with E-state index in [1.54, 1.807) is 5.57 Å². The van der Waals surface area contributed by atoms with Crippen LogP contribution >= 0.6 is 0 Å². The second-order valence-electron chi connectivity index (χ2n) is 23.8. The third-order valence-corrected chi connectivity index (χ3v) is 19.3. The molecule has 0 spiro atoms. The highest BCUT2D eigenvalue weighted by Crippen LogP contribution is 2.63. The summed E-state index contributed by atoms with van der Waals surface area (Å²) in [5.74, 6) is 0.915. The smallest absolute Gasteiger partial charge is 0.126 e. The van der Waals surface area contributed by atoms with Gasteiger partial charge in [0, 0.05) is 17.9 Å². The minimum Gasteiger partial charge on any atom is -0.207 e. The number of halogens is 2. The molecule has 10 aromatic carbocycles. The Morgan fingerprint density at radius 3 is 1.74 bits per heavy atom. The molecule has 0 saturated heterocycles. The number of aryl methyl sites for hydroxylation is 1. The summed E-state index contributed by atoms with van der Waals surface area (Å²) in [6.45, 7) is 9.56. The SMILES string of the molecule is CC(C)C1=C(C2=CC=C3c4cc5c(-c6ccccc6)c6c(c(-c7ccccc7)c5cc4C4=CC=CC2C34)-c2ccc3c4ccc5c7c4c(c4ccc-6c2c43)CCC=7c2cc(-c3cc(F)cc(F)c3)ccc2-5)C(C(C)C)CC=C1. The van der Waals surface area contributed by atoms with Crippen molar-refractivity contribution in [3.05, 3.63) is 244 Å². The molecule has 3 atom stereocenters. The average Bonchev–Trinajstić information content (AvgIpc) is 3.98. The fourth-order valence-corrected chi connectivity index (χ4v) is 16.2. The lowest BCUT2D eigenvalue weighted by Crippen LogP contribution is -2.26. The highest BCUT2D eigenvalue weighted by molar-refractivity contribution is 6.35. The Morgan fingerprint density at radius 2 is 1.08 bits per heavy atom. The van der Waals surface area contributed by atoms with E-state index in [2.05, 4.69) is 192 Å². The van der Waals surface area contributed by atoms with Crippen LogP contribution < -0.4 is 5.22 Å². The number of hydrogen-bond acceptors (Lipinski definition) is 0. The van der Waals surface area contributed by atoms with E-state index in [0.29, 0.717) is 23.3 Å². The summed E-state index contributed by atoms with van der Waals surface area (Å²) in [5, 5.41) is 11.9. The van der Waals surface area contributed by atoms with E-state index >= 15 is 0 Å². The molecule has 78 heavy (non-hydrogen) atoms. The topological polar surface area (TPSA) is 0 Å². The molecule has 10 aromatic rings. The van der Waals surface area contributed by atoms with Gasteiger partial charge in [-0.2, -0.15) is 0 Å². The number of benzene rings is 10. The summed E-state index contributed by atoms with van der Waals surface area (Å²) in [4.78, 5) is 0. The van der Waals surface area contributed by atoms with Crippen LogP contribution in [0.25, 0.3) is 127 Å². The van der Waals surface area contributed by atoms with Crippen molar-refractivity contribution in [1.29, 1.82) is 0 Å². The average molecular weight is 1010 g/mol. The van der Waals surface area contributed by atoms with E-state index in [-0.39, 0.29) is 11.8 Å². The van der Waals surface area contributed by atoms with E-state index < -0.39 is 11.6 Å². The molecule has 0 fully saturated rings. The van der Waals surface area contributed by atoms with Gasteiger partial charge in [-0.1, -0.05) is 179 Å². The van der Waals surface area contributed by atoms with Gasteiger partial charge in [-0.3, -0.25) is 0 Å². The first kappa shape index (κ1) is 44.6. The molecular weight excluding hydrogens is 951 g/mol. The van der Waals surface area contributed by atoms with Crippen molar-refractivity contribution in [2.45, 2.75) is 47.0 Å². The van der Waals surface area contributed by atoms with Crippen LogP contribution in [0.1, 0.15) is 62.8 Å². The number of fused-ring (bicyclic) bond motifs is 12. The largest absolute Gasteiger partial charge is 0.207 e. The summed E-state index contributed by atoms with van der Waals surface area (Å²) < 4.78 is 29.1. The van der Waals surface area contributed by atoms with Crippen molar-refractivity contribution in [3.8, 4) is 66.8 Å². The summed E-state index contributed by atoms with van der Waals surface area (Å²) in [5.41, 5.74) is 28.3. The van der Waals surface area contributed by atoms with Crippen molar-refractivity contribution in [1.82, 2.24) is 0 Å². The molecule has 0 aliphatic heterocycles. The summed E-state index contributed by atoms with van der Waals surface area (Å²) in [7, 11) is 0. The molecule has 3 unspecified atom stereocenters. The van der Waals surface area contributed by atoms with Crippen molar-refractivity contribution < 1.29 is 8.78 Å². The predicted octanol–water partition coefficient (Wildman–Crippen LogP) is 19.8. The van der Waals surface area contributed by atoms with Gasteiger partial charge in [-0.15, -0.1) is 0 Å². The van der Waals surface area contributed by atoms with Crippen LogP contribution in [0.3, 0.4) is 0 Å². The van der Waals surface area contributed by atoms with Gasteiger partial charge in [0.05, 0.1) is 0 Å². The van der Waals surface area contributed by atoms with E-state index in [1.165, 1.54) is 166 Å². The second-order valence-corrected chi connectivity index (χ2v) is 23.8. The molecule has 0 aromatic heterocycles. The third-order valence-electron chi connectivity index (χ3n) is 19.3. The van der Waals surface area contributed by atoms with Gasteiger partial charge in [0.15, 0.2) is 0 Å². The van der Waals surface area contributed by atoms with Gasteiger partial charge in [-0.05, 0) is 238 Å². The normalized spacial score (nSPS) is 18.9. The van der Waals surface area contributed by atoms with Crippen molar-refractivity contribution >= 4 is 59.8 Å². The molecule has 0 heterocycles. The van der Waals surface area contributed by atoms with Crippen LogP contribution in [0.15, 0.2) is 205 Å². The van der Waals surface area contributed by atoms with E-state index in [1.807, 2.05) is 6.07 Å². The molecule has 7 aliphatic rings. The third kappa shape index (κ3) is 5.88. The second kappa shape index (κ2) is 16.1. The molecule has 17 rings (SSSR count). The van der Waals surface area contributed by atoms with Crippen LogP contribution in [-0.2, 0) is 6.42 Å². The zero-order chi connectivity index (χ0) is 52.0. The van der Waals surface area contributed by atoms with Crippen LogP contribution in [0.4, 0.5) is 8.78 Å². The molecule has 372 valence electrons. The molecule has 7 aliphatic carbocycles. The van der Waals surface area contributed by atoms with Crippen molar-refractivity contribution in [3.63, 3.8) is 0 Å². The molecule has 2 heteroatoms. The lowest BCUT2D eigenvalue weighted by molar-refractivity contribution is 0.431. The van der Waals surface area contributed by atoms with Gasteiger partial charge in [0.25, 0.3) is 0 Å². The fourth-order valence-electron chi connectivity index (χ4n) is 16.2. The zero-order valence-corrected chi connectivity index (χ0v) is 44.2. The van der Waals surface area contributed by atoms with Gasteiger partial charge in [-0.25, -0.2) is 8.78 Å². The van der Waals surface area contributed by atoms with Gasteiger partial charge >= 0.3 is 0 Å². The minimum atomic E-state index is -0.562. The van der Waals surface area contributed by atoms with Crippen molar-refractivity contribution in [2.24, 2.45) is 29.6 Å². The van der Waals surface area contributed by atoms with Gasteiger partial charge in [0.2, 0.25) is 0 Å². The van der Waals surface area contributed by atoms with Crippen LogP contribution in [0, 0.1) is 41.2 Å². The van der Waals surface area contributed by atoms with Gasteiger partial charge < -0.3 is 0 Å². The number of allylic oxidation sites excluding steroid dienone is 12. The highest BCUT2D eigenvalue weighted by Gasteiger charge is 2.44. The first-order valence-corrected chi connectivity index (χ1v) is 28.3. The Kier molecular flexibility index (Phi) is 9.19. The number of rotatable bonds is 6. The molecule has 0 amide bonds. The van der Waals surface area contributed by atoms with Crippen molar-refractivity contribution in [2.75, 3.05) is 0 Å². The van der Waals surface area contributed by atoms with E-state index in [9.17, 15) is 8.78 Å². The van der Waals surface area contributed by atoms with Crippen LogP contribution in [-0.4, -0.2) is 0 Å². The molecule has 0 saturated carbocycles. The standard InChI is InChI=1S/C76H54F2/c1-39(2)47-17-11-18-48(40(3)4)69(47)53-24-27-58-64-38-66-65(37-63(64)51-20-12-19-50(53)70(51)58)67(41-13-7-5-8-14-41)75-60-31-29-56-54-25-23-52-49-22-21-43(44-33-45(77)36-46(78)34-44)35-62(49)59-28-26-55(72(54)71(52)59)57-30-32-61(74(60)73(56)57)76(75)68(66)42-15-9-6-10-16-42/h5-17,19-25,27,29-40,48,50,70H,18,26,28H2,1-4H3. The van der Waals surface area contributed by atoms with Crippen LogP contribution in [0.5, 0.6) is 0 Å². The predicted molar refractivity (Wildman–Crippen MR) is 323 cm³/mol. The molecule has 0 nitrogen and oxygen atoms in total. The maximum absolute atomic E-state index is 14.5. The maximum Gasteiger partial charge on any atom is 0.126 e. The van der Waals surface area contributed by atoms with E-state index in [4.69, 9.17) is 0 Å². The Balaban J connectivity index is 0.921. The Morgan fingerprint density at radius 1 is 0.462 bits per heavy atom. The Hall–Kier alpha value is -8.46. The Bertz CT molecular complexity index is 4680. The lowest BCUT2D eigenvalue weighted by Gasteiger charge is -2.38. The molecule has 0 N–H and O–H groups in total. The highest BCUT2D eigenvalue weighted by atomic mass is 19.1. The van der Waals surface area contributed by atoms with Gasteiger partial charge in [0.1, 0.15) is 11.6 Å². The number of hydrogen-bond donors (Lipinski definition) is 0. The first-order chi connectivity index (χ1) is 38.2. The van der Waals surface area contributed by atoms with Crippen LogP contribution in [0.2, 0.25) is 0 Å². The minimum absolute atomic E-state index is 0.262. The fraction of sp³-hybridized carbons (Fsp3) is 0.158. The molecule has 0 bridgehead atoms. The summed E-state index contributed by atoms with van der Waals surface area (Å²) >= 11 is 0. The maximum atomic E-state index is 14.5. The quantitative estimate of drug-likeness (QED) is 0.115.